The minimum absolute atomic E-state index is 0.723. The van der Waals surface area contributed by atoms with Crippen molar-refractivity contribution in [3.05, 3.63) is 17.6 Å². The quantitative estimate of drug-likeness (QED) is 0.897. The van der Waals surface area contributed by atoms with Crippen molar-refractivity contribution in [2.45, 2.75) is 40.5 Å². The van der Waals surface area contributed by atoms with E-state index in [1.807, 2.05) is 20.0 Å². The van der Waals surface area contributed by atoms with Crippen LogP contribution in [0.25, 0.3) is 0 Å². The lowest BCUT2D eigenvalue weighted by Crippen LogP contribution is -2.40. The van der Waals surface area contributed by atoms with Gasteiger partial charge in [0.15, 0.2) is 0 Å². The molecule has 1 N–H and O–H groups in total. The predicted octanol–water partition coefficient (Wildman–Crippen LogP) is 2.56. The molecule has 1 aliphatic rings. The molecule has 4 heteroatoms. The standard InChI is InChI=1S/C16H28N4/c1-12(2)8-17-9-15-6-5-7-20(11-15)16-10-18-13(3)14(4)19-16/h10,12,15,17H,5-9,11H2,1-4H3. The van der Waals surface area contributed by atoms with Crippen LogP contribution in [0.5, 0.6) is 0 Å². The zero-order valence-electron chi connectivity index (χ0n) is 13.3. The Morgan fingerprint density at radius 2 is 2.15 bits per heavy atom. The van der Waals surface area contributed by atoms with E-state index < -0.39 is 0 Å². The van der Waals surface area contributed by atoms with Crippen molar-refractivity contribution in [1.82, 2.24) is 15.3 Å². The Kier molecular flexibility index (Phi) is 5.35. The van der Waals surface area contributed by atoms with Gasteiger partial charge in [0.2, 0.25) is 0 Å². The molecule has 0 saturated carbocycles. The number of nitrogens with zero attached hydrogens (tertiary/aromatic N) is 3. The van der Waals surface area contributed by atoms with Crippen molar-refractivity contribution in [2.75, 3.05) is 31.1 Å². The Balaban J connectivity index is 1.90. The third-order valence-electron chi connectivity index (χ3n) is 4.01. The van der Waals surface area contributed by atoms with Crippen LogP contribution in [0.15, 0.2) is 6.20 Å². The van der Waals surface area contributed by atoms with Crippen molar-refractivity contribution in [3.8, 4) is 0 Å². The Hall–Kier alpha value is -1.16. The van der Waals surface area contributed by atoms with E-state index in [2.05, 4.69) is 34.0 Å². The number of aromatic nitrogens is 2. The third kappa shape index (κ3) is 4.17. The van der Waals surface area contributed by atoms with Crippen LogP contribution in [-0.2, 0) is 0 Å². The Morgan fingerprint density at radius 3 is 2.85 bits per heavy atom. The molecule has 1 aromatic rings. The first-order valence-electron chi connectivity index (χ1n) is 7.82. The van der Waals surface area contributed by atoms with Gasteiger partial charge in [0.25, 0.3) is 0 Å². The number of nitrogens with one attached hydrogen (secondary N) is 1. The highest BCUT2D eigenvalue weighted by molar-refractivity contribution is 5.38. The summed E-state index contributed by atoms with van der Waals surface area (Å²) in [7, 11) is 0. The molecule has 0 aliphatic carbocycles. The summed E-state index contributed by atoms with van der Waals surface area (Å²) < 4.78 is 0. The zero-order valence-corrected chi connectivity index (χ0v) is 13.3. The molecule has 4 nitrogen and oxygen atoms in total. The maximum atomic E-state index is 4.68. The molecule has 0 radical (unpaired) electrons. The average Bonchev–Trinajstić information content (AvgIpc) is 2.42. The fourth-order valence-electron chi connectivity index (χ4n) is 2.70. The molecule has 2 rings (SSSR count). The van der Waals surface area contributed by atoms with E-state index in [1.165, 1.54) is 12.8 Å². The van der Waals surface area contributed by atoms with Gasteiger partial charge < -0.3 is 10.2 Å². The van der Waals surface area contributed by atoms with Gasteiger partial charge in [0.05, 0.1) is 17.6 Å². The lowest BCUT2D eigenvalue weighted by molar-refractivity contribution is 0.381. The van der Waals surface area contributed by atoms with Crippen LogP contribution in [0.3, 0.4) is 0 Å². The molecular formula is C16H28N4. The molecule has 112 valence electrons. The van der Waals surface area contributed by atoms with Crippen LogP contribution < -0.4 is 10.2 Å². The summed E-state index contributed by atoms with van der Waals surface area (Å²) in [6, 6.07) is 0. The Labute approximate surface area is 123 Å². The van der Waals surface area contributed by atoms with Crippen LogP contribution in [-0.4, -0.2) is 36.1 Å². The van der Waals surface area contributed by atoms with E-state index in [0.29, 0.717) is 0 Å². The molecule has 2 heterocycles. The maximum Gasteiger partial charge on any atom is 0.147 e. The smallest absolute Gasteiger partial charge is 0.147 e. The van der Waals surface area contributed by atoms with E-state index in [0.717, 1.165) is 55.2 Å². The van der Waals surface area contributed by atoms with Crippen molar-refractivity contribution >= 4 is 5.82 Å². The van der Waals surface area contributed by atoms with E-state index in [9.17, 15) is 0 Å². The van der Waals surface area contributed by atoms with E-state index in [4.69, 9.17) is 0 Å². The van der Waals surface area contributed by atoms with Crippen molar-refractivity contribution in [1.29, 1.82) is 0 Å². The molecule has 20 heavy (non-hydrogen) atoms. The normalized spacial score (nSPS) is 19.6. The number of hydrogen-bond acceptors (Lipinski definition) is 4. The molecule has 1 atom stereocenters. The van der Waals surface area contributed by atoms with Crippen molar-refractivity contribution < 1.29 is 0 Å². The summed E-state index contributed by atoms with van der Waals surface area (Å²) in [5.41, 5.74) is 2.07. The summed E-state index contributed by atoms with van der Waals surface area (Å²) in [6.07, 6.45) is 4.49. The zero-order chi connectivity index (χ0) is 14.5. The van der Waals surface area contributed by atoms with Gasteiger partial charge in [-0.25, -0.2) is 4.98 Å². The van der Waals surface area contributed by atoms with E-state index in [-0.39, 0.29) is 0 Å². The lowest BCUT2D eigenvalue weighted by atomic mass is 9.98. The minimum Gasteiger partial charge on any atom is -0.355 e. The monoisotopic (exact) mass is 276 g/mol. The van der Waals surface area contributed by atoms with E-state index >= 15 is 0 Å². The van der Waals surface area contributed by atoms with Crippen molar-refractivity contribution in [2.24, 2.45) is 11.8 Å². The molecule has 0 aromatic carbocycles. The van der Waals surface area contributed by atoms with Gasteiger partial charge in [-0.05, 0) is 51.6 Å². The number of aryl methyl sites for hydroxylation is 2. The Bertz CT molecular complexity index is 430. The van der Waals surface area contributed by atoms with E-state index in [1.54, 1.807) is 0 Å². The van der Waals surface area contributed by atoms with Crippen molar-refractivity contribution in [3.63, 3.8) is 0 Å². The second-order valence-corrected chi connectivity index (χ2v) is 6.41. The van der Waals surface area contributed by atoms with Gasteiger partial charge in [-0.3, -0.25) is 4.98 Å². The Morgan fingerprint density at radius 1 is 1.35 bits per heavy atom. The van der Waals surface area contributed by atoms with Gasteiger partial charge in [0, 0.05) is 13.1 Å². The summed E-state index contributed by atoms with van der Waals surface area (Å²) in [5.74, 6) is 2.49. The highest BCUT2D eigenvalue weighted by atomic mass is 15.2. The molecule has 1 saturated heterocycles. The second-order valence-electron chi connectivity index (χ2n) is 6.41. The molecule has 1 unspecified atom stereocenters. The third-order valence-corrected chi connectivity index (χ3v) is 4.01. The first kappa shape index (κ1) is 15.2. The largest absolute Gasteiger partial charge is 0.355 e. The van der Waals surface area contributed by atoms with Crippen LogP contribution in [0.1, 0.15) is 38.1 Å². The summed E-state index contributed by atoms with van der Waals surface area (Å²) >= 11 is 0. The van der Waals surface area contributed by atoms with Gasteiger partial charge in [0.1, 0.15) is 5.82 Å². The molecule has 0 spiro atoms. The summed E-state index contributed by atoms with van der Waals surface area (Å²) in [5, 5.41) is 3.58. The van der Waals surface area contributed by atoms with Gasteiger partial charge in [-0.15, -0.1) is 0 Å². The number of piperidine rings is 1. The highest BCUT2D eigenvalue weighted by Gasteiger charge is 2.21. The number of rotatable bonds is 5. The molecule has 0 bridgehead atoms. The van der Waals surface area contributed by atoms with Crippen LogP contribution in [0, 0.1) is 25.7 Å². The van der Waals surface area contributed by atoms with Crippen LogP contribution >= 0.6 is 0 Å². The van der Waals surface area contributed by atoms with Crippen LogP contribution in [0.2, 0.25) is 0 Å². The molecule has 1 aromatic heterocycles. The first-order valence-corrected chi connectivity index (χ1v) is 7.82. The topological polar surface area (TPSA) is 41.1 Å². The molecule has 1 aliphatic heterocycles. The fourth-order valence-corrected chi connectivity index (χ4v) is 2.70. The molecule has 0 amide bonds. The average molecular weight is 276 g/mol. The lowest BCUT2D eigenvalue weighted by Gasteiger charge is -2.33. The second kappa shape index (κ2) is 7.02. The summed E-state index contributed by atoms with van der Waals surface area (Å²) in [6.45, 7) is 13.0. The summed E-state index contributed by atoms with van der Waals surface area (Å²) in [4.78, 5) is 11.5. The number of hydrogen-bond donors (Lipinski definition) is 1. The van der Waals surface area contributed by atoms with Crippen LogP contribution in [0.4, 0.5) is 5.82 Å². The SMILES string of the molecule is Cc1ncc(N2CCCC(CNCC(C)C)C2)nc1C. The molecular weight excluding hydrogens is 248 g/mol. The number of anilines is 1. The fraction of sp³-hybridized carbons (Fsp3) is 0.750. The molecule has 1 fully saturated rings. The predicted molar refractivity (Wildman–Crippen MR) is 84.2 cm³/mol. The van der Waals surface area contributed by atoms with Gasteiger partial charge in [-0.2, -0.15) is 0 Å². The minimum atomic E-state index is 0.723. The van der Waals surface area contributed by atoms with Gasteiger partial charge in [-0.1, -0.05) is 13.8 Å². The van der Waals surface area contributed by atoms with Gasteiger partial charge >= 0.3 is 0 Å². The first-order chi connectivity index (χ1) is 9.56. The maximum absolute atomic E-state index is 4.68. The highest BCUT2D eigenvalue weighted by Crippen LogP contribution is 2.21.